The van der Waals surface area contributed by atoms with E-state index in [9.17, 15) is 4.79 Å². The van der Waals surface area contributed by atoms with Crippen LogP contribution in [0.1, 0.15) is 23.0 Å². The maximum Gasteiger partial charge on any atom is 0.253 e. The highest BCUT2D eigenvalue weighted by Crippen LogP contribution is 2.29. The Morgan fingerprint density at radius 3 is 2.62 bits per heavy atom. The Balaban J connectivity index is 1.52. The van der Waals surface area contributed by atoms with Gasteiger partial charge in [0, 0.05) is 50.1 Å². The predicted octanol–water partition coefficient (Wildman–Crippen LogP) is 2.38. The second-order valence-electron chi connectivity index (χ2n) is 8.66. The van der Waals surface area contributed by atoms with Gasteiger partial charge in [-0.3, -0.25) is 9.69 Å². The fraction of sp³-hybridized carbons (Fsp3) is 0.360. The van der Waals surface area contributed by atoms with Crippen LogP contribution < -0.4 is 10.5 Å². The summed E-state index contributed by atoms with van der Waals surface area (Å²) in [4.78, 5) is 21.1. The number of ether oxygens (including phenoxy) is 1. The number of nitrogens with one attached hydrogen (secondary N) is 1. The van der Waals surface area contributed by atoms with Crippen molar-refractivity contribution in [2.24, 2.45) is 0 Å². The van der Waals surface area contributed by atoms with Crippen molar-refractivity contribution >= 4 is 16.6 Å². The van der Waals surface area contributed by atoms with E-state index in [1.54, 1.807) is 11.8 Å². The molecule has 0 saturated carbocycles. The smallest absolute Gasteiger partial charge is 0.253 e. The average molecular weight is 460 g/mol. The summed E-state index contributed by atoms with van der Waals surface area (Å²) in [6, 6.07) is 18.1. The van der Waals surface area contributed by atoms with Gasteiger partial charge < -0.3 is 14.6 Å². The first-order valence-corrected chi connectivity index (χ1v) is 11.6. The van der Waals surface area contributed by atoms with Crippen LogP contribution in [-0.4, -0.2) is 70.0 Å². The van der Waals surface area contributed by atoms with Crippen LogP contribution in [0.2, 0.25) is 0 Å². The van der Waals surface area contributed by atoms with Crippen LogP contribution in [0.15, 0.2) is 59.4 Å². The molecule has 1 saturated heterocycles. The number of methoxy groups -OCH3 is 1. The maximum atomic E-state index is 13.3. The number of aryl methyl sites for hydroxylation is 1. The highest BCUT2D eigenvalue weighted by molar-refractivity contribution is 5.79. The lowest BCUT2D eigenvalue weighted by Crippen LogP contribution is -2.49. The van der Waals surface area contributed by atoms with Gasteiger partial charge in [-0.25, -0.2) is 4.68 Å². The number of piperazine rings is 1. The maximum absolute atomic E-state index is 13.3. The van der Waals surface area contributed by atoms with Gasteiger partial charge in [0.05, 0.1) is 13.2 Å². The zero-order valence-corrected chi connectivity index (χ0v) is 19.5. The van der Waals surface area contributed by atoms with Crippen molar-refractivity contribution in [1.29, 1.82) is 0 Å². The van der Waals surface area contributed by atoms with E-state index in [0.717, 1.165) is 42.6 Å². The fourth-order valence-electron chi connectivity index (χ4n) is 4.66. The van der Waals surface area contributed by atoms with E-state index in [-0.39, 0.29) is 11.6 Å². The Labute approximate surface area is 198 Å². The molecule has 1 aliphatic heterocycles. The first kappa shape index (κ1) is 22.2. The number of aromatic amines is 1. The number of benzene rings is 2. The van der Waals surface area contributed by atoms with E-state index in [2.05, 4.69) is 60.6 Å². The Morgan fingerprint density at radius 2 is 1.85 bits per heavy atom. The Kier molecular flexibility index (Phi) is 6.37. The van der Waals surface area contributed by atoms with Crippen LogP contribution in [0.25, 0.3) is 10.9 Å². The number of tetrazole rings is 1. The predicted molar refractivity (Wildman–Crippen MR) is 131 cm³/mol. The van der Waals surface area contributed by atoms with Gasteiger partial charge in [0.2, 0.25) is 0 Å². The van der Waals surface area contributed by atoms with Crippen LogP contribution in [-0.2, 0) is 11.3 Å². The van der Waals surface area contributed by atoms with E-state index < -0.39 is 0 Å². The molecule has 0 aliphatic carbocycles. The third-order valence-electron chi connectivity index (χ3n) is 6.44. The van der Waals surface area contributed by atoms with Gasteiger partial charge >= 0.3 is 0 Å². The zero-order valence-electron chi connectivity index (χ0n) is 19.5. The van der Waals surface area contributed by atoms with Crippen molar-refractivity contribution in [2.75, 3.05) is 44.8 Å². The normalized spacial score (nSPS) is 15.6. The molecule has 5 rings (SSSR count). The second-order valence-corrected chi connectivity index (χ2v) is 8.66. The Bertz CT molecular complexity index is 1310. The van der Waals surface area contributed by atoms with E-state index >= 15 is 0 Å². The minimum Gasteiger partial charge on any atom is -0.383 e. The number of pyridine rings is 1. The third-order valence-corrected chi connectivity index (χ3v) is 6.44. The van der Waals surface area contributed by atoms with Gasteiger partial charge in [0.15, 0.2) is 5.82 Å². The van der Waals surface area contributed by atoms with Crippen molar-refractivity contribution in [3.8, 4) is 0 Å². The van der Waals surface area contributed by atoms with Gasteiger partial charge in [0.25, 0.3) is 5.56 Å². The number of para-hydroxylation sites is 1. The quantitative estimate of drug-likeness (QED) is 0.454. The summed E-state index contributed by atoms with van der Waals surface area (Å²) in [6.07, 6.45) is 0. The van der Waals surface area contributed by atoms with Crippen molar-refractivity contribution in [1.82, 2.24) is 30.1 Å². The molecule has 0 bridgehead atoms. The number of aromatic nitrogens is 5. The largest absolute Gasteiger partial charge is 0.383 e. The van der Waals surface area contributed by atoms with Crippen molar-refractivity contribution in [2.45, 2.75) is 19.5 Å². The molecule has 176 valence electrons. The van der Waals surface area contributed by atoms with E-state index in [0.29, 0.717) is 24.5 Å². The van der Waals surface area contributed by atoms with Crippen molar-refractivity contribution < 1.29 is 4.74 Å². The topological polar surface area (TPSA) is 92.2 Å². The van der Waals surface area contributed by atoms with Gasteiger partial charge in [-0.15, -0.1) is 5.10 Å². The van der Waals surface area contributed by atoms with Crippen molar-refractivity contribution in [3.63, 3.8) is 0 Å². The lowest BCUT2D eigenvalue weighted by molar-refractivity contribution is 0.171. The minimum absolute atomic E-state index is 0.116. The molecule has 9 nitrogen and oxygen atoms in total. The summed E-state index contributed by atoms with van der Waals surface area (Å²) in [5, 5.41) is 13.5. The summed E-state index contributed by atoms with van der Waals surface area (Å²) < 4.78 is 7.00. The standard InChI is InChI=1S/C25H29N7O2/c1-18-8-9-19-17-21(25(33)26-22(19)16-18)23(24-27-28-29-32(24)14-15-34-2)31-12-10-30(11-13-31)20-6-4-3-5-7-20/h3-9,16-17,23H,10-15H2,1-2H3,(H,26,33). The molecule has 34 heavy (non-hydrogen) atoms. The molecule has 2 aromatic heterocycles. The molecule has 1 N–H and O–H groups in total. The molecule has 3 heterocycles. The zero-order chi connectivity index (χ0) is 23.5. The van der Waals surface area contributed by atoms with Gasteiger partial charge in [-0.1, -0.05) is 30.3 Å². The third kappa shape index (κ3) is 4.44. The molecule has 2 aromatic carbocycles. The molecule has 1 unspecified atom stereocenters. The summed E-state index contributed by atoms with van der Waals surface area (Å²) >= 11 is 0. The molecule has 1 aliphatic rings. The number of rotatable bonds is 7. The molecule has 0 spiro atoms. The molecule has 9 heteroatoms. The average Bonchev–Trinajstić information content (AvgIpc) is 3.32. The van der Waals surface area contributed by atoms with Crippen LogP contribution in [0, 0.1) is 6.92 Å². The van der Waals surface area contributed by atoms with Crippen molar-refractivity contribution in [3.05, 3.63) is 81.9 Å². The van der Waals surface area contributed by atoms with Crippen LogP contribution in [0.3, 0.4) is 0 Å². The summed E-state index contributed by atoms with van der Waals surface area (Å²) in [5.74, 6) is 0.655. The number of nitrogens with zero attached hydrogens (tertiary/aromatic N) is 6. The lowest BCUT2D eigenvalue weighted by Gasteiger charge is -2.39. The fourth-order valence-corrected chi connectivity index (χ4v) is 4.66. The van der Waals surface area contributed by atoms with E-state index in [1.807, 2.05) is 31.2 Å². The van der Waals surface area contributed by atoms with Crippen LogP contribution >= 0.6 is 0 Å². The molecule has 1 atom stereocenters. The summed E-state index contributed by atoms with van der Waals surface area (Å²) in [5.41, 5.74) is 3.68. The van der Waals surface area contributed by atoms with Gasteiger partial charge in [0.1, 0.15) is 6.04 Å². The molecule has 4 aromatic rings. The van der Waals surface area contributed by atoms with Gasteiger partial charge in [-0.05, 0) is 52.6 Å². The number of fused-ring (bicyclic) bond motifs is 1. The molecular formula is C25H29N7O2. The van der Waals surface area contributed by atoms with E-state index in [4.69, 9.17) is 4.74 Å². The van der Waals surface area contributed by atoms with Gasteiger partial charge in [-0.2, -0.15) is 0 Å². The number of hydrogen-bond acceptors (Lipinski definition) is 7. The first-order valence-electron chi connectivity index (χ1n) is 11.6. The second kappa shape index (κ2) is 9.74. The molecule has 1 fully saturated rings. The first-order chi connectivity index (χ1) is 16.6. The van der Waals surface area contributed by atoms with Crippen LogP contribution in [0.4, 0.5) is 5.69 Å². The van der Waals surface area contributed by atoms with Crippen LogP contribution in [0.5, 0.6) is 0 Å². The SMILES string of the molecule is COCCn1nnnc1C(c1cc2ccc(C)cc2[nH]c1=O)N1CCN(c2ccccc2)CC1. The number of hydrogen-bond donors (Lipinski definition) is 1. The van der Waals surface area contributed by atoms with E-state index in [1.165, 1.54) is 5.69 Å². The summed E-state index contributed by atoms with van der Waals surface area (Å²) in [7, 11) is 1.65. The molecule has 0 amide bonds. The Morgan fingerprint density at radius 1 is 1.06 bits per heavy atom. The number of H-pyrrole nitrogens is 1. The highest BCUT2D eigenvalue weighted by Gasteiger charge is 2.32. The minimum atomic E-state index is -0.362. The Hall–Kier alpha value is -3.56. The molecular weight excluding hydrogens is 430 g/mol. The monoisotopic (exact) mass is 459 g/mol. The summed E-state index contributed by atoms with van der Waals surface area (Å²) in [6.45, 7) is 6.29. The lowest BCUT2D eigenvalue weighted by atomic mass is 10.0. The molecule has 0 radical (unpaired) electrons. The number of anilines is 1. The highest BCUT2D eigenvalue weighted by atomic mass is 16.5.